The van der Waals surface area contributed by atoms with E-state index in [1.165, 1.54) is 12.1 Å². The quantitative estimate of drug-likeness (QED) is 0.251. The van der Waals surface area contributed by atoms with Gasteiger partial charge in [0.25, 0.3) is 0 Å². The largest absolute Gasteiger partial charge is 0.416 e. The van der Waals surface area contributed by atoms with E-state index in [9.17, 15) is 13.2 Å². The molecule has 0 atom stereocenters. The topological polar surface area (TPSA) is 0 Å². The average molecular weight is 452 g/mol. The maximum absolute atomic E-state index is 13.3. The van der Waals surface area contributed by atoms with Crippen molar-refractivity contribution in [2.45, 2.75) is 12.1 Å². The highest BCUT2D eigenvalue weighted by atomic mass is 19.4. The van der Waals surface area contributed by atoms with Crippen molar-refractivity contribution in [3.05, 3.63) is 161 Å². The van der Waals surface area contributed by atoms with Crippen LogP contribution < -0.4 is 0 Å². The summed E-state index contributed by atoms with van der Waals surface area (Å²) in [5, 5.41) is 2.21. The summed E-state index contributed by atoms with van der Waals surface area (Å²) >= 11 is 0. The number of fused-ring (bicyclic) bond motifs is 1. The highest BCUT2D eigenvalue weighted by molar-refractivity contribution is 5.84. The minimum atomic E-state index is -4.38. The lowest BCUT2D eigenvalue weighted by Crippen LogP contribution is -2.16. The minimum absolute atomic E-state index is 0.153. The van der Waals surface area contributed by atoms with Crippen LogP contribution in [0.15, 0.2) is 127 Å². The molecule has 5 aromatic carbocycles. The zero-order chi connectivity index (χ0) is 23.5. The number of hydrogen-bond donors (Lipinski definition) is 0. The van der Waals surface area contributed by atoms with E-state index < -0.39 is 11.7 Å². The van der Waals surface area contributed by atoms with Gasteiger partial charge in [-0.1, -0.05) is 115 Å². The summed E-state index contributed by atoms with van der Waals surface area (Å²) in [4.78, 5) is 0. The van der Waals surface area contributed by atoms with Gasteiger partial charge >= 0.3 is 6.18 Å². The molecule has 3 heteroatoms. The molecule has 0 amide bonds. The van der Waals surface area contributed by atoms with Gasteiger partial charge in [0, 0.05) is 11.8 Å². The molecule has 5 aromatic rings. The number of halogens is 3. The third-order valence-electron chi connectivity index (χ3n) is 6.14. The summed E-state index contributed by atoms with van der Waals surface area (Å²) < 4.78 is 39.9. The van der Waals surface area contributed by atoms with Gasteiger partial charge in [-0.3, -0.25) is 0 Å². The van der Waals surface area contributed by atoms with Crippen molar-refractivity contribution in [1.29, 1.82) is 0 Å². The molecule has 0 aromatic heterocycles. The molecule has 0 saturated heterocycles. The summed E-state index contributed by atoms with van der Waals surface area (Å²) in [6, 6.07) is 40.1. The number of hydrogen-bond acceptors (Lipinski definition) is 0. The van der Waals surface area contributed by atoms with Gasteiger partial charge in [0.15, 0.2) is 0 Å². The Bertz CT molecular complexity index is 1330. The Morgan fingerprint density at radius 3 is 1.56 bits per heavy atom. The van der Waals surface area contributed by atoms with E-state index in [0.29, 0.717) is 0 Å². The first-order valence-electron chi connectivity index (χ1n) is 11.1. The lowest BCUT2D eigenvalue weighted by atomic mass is 9.73. The van der Waals surface area contributed by atoms with E-state index in [-0.39, 0.29) is 5.92 Å². The first-order valence-corrected chi connectivity index (χ1v) is 11.1. The van der Waals surface area contributed by atoms with Crippen LogP contribution in [0.3, 0.4) is 0 Å². The van der Waals surface area contributed by atoms with Gasteiger partial charge in [0.05, 0.1) is 5.56 Å². The van der Waals surface area contributed by atoms with Gasteiger partial charge < -0.3 is 0 Å². The Hall–Kier alpha value is -3.85. The van der Waals surface area contributed by atoms with Crippen molar-refractivity contribution < 1.29 is 13.2 Å². The molecular formula is C31H22F3. The lowest BCUT2D eigenvalue weighted by Gasteiger charge is -2.29. The molecule has 5 rings (SSSR count). The lowest BCUT2D eigenvalue weighted by molar-refractivity contribution is -0.137. The molecule has 0 fully saturated rings. The van der Waals surface area contributed by atoms with Crippen molar-refractivity contribution in [2.75, 3.05) is 0 Å². The molecule has 1 radical (unpaired) electrons. The van der Waals surface area contributed by atoms with Crippen molar-refractivity contribution in [2.24, 2.45) is 0 Å². The van der Waals surface area contributed by atoms with Gasteiger partial charge in [-0.15, -0.1) is 0 Å². The van der Waals surface area contributed by atoms with Crippen molar-refractivity contribution in [3.63, 3.8) is 0 Å². The van der Waals surface area contributed by atoms with Crippen LogP contribution in [0, 0.1) is 5.92 Å². The van der Waals surface area contributed by atoms with E-state index in [0.717, 1.165) is 38.9 Å². The fraction of sp³-hybridized carbons (Fsp3) is 0.0645. The first-order chi connectivity index (χ1) is 16.5. The van der Waals surface area contributed by atoms with Crippen LogP contribution >= 0.6 is 0 Å². The van der Waals surface area contributed by atoms with Gasteiger partial charge in [0.1, 0.15) is 0 Å². The number of rotatable bonds is 5. The molecule has 0 aliphatic heterocycles. The molecule has 0 saturated carbocycles. The Morgan fingerprint density at radius 2 is 1.00 bits per heavy atom. The Labute approximate surface area is 197 Å². The fourth-order valence-corrected chi connectivity index (χ4v) is 4.51. The van der Waals surface area contributed by atoms with Crippen molar-refractivity contribution >= 4 is 10.8 Å². The van der Waals surface area contributed by atoms with Crippen LogP contribution in [0.1, 0.15) is 33.7 Å². The SMILES string of the molecule is FC(F)(F)c1ccc([C](c2ccc3ccccc3c2)C(c2ccccc2)c2ccccc2)cc1. The van der Waals surface area contributed by atoms with Crippen LogP contribution in [-0.2, 0) is 6.18 Å². The summed E-state index contributed by atoms with van der Waals surface area (Å²) in [7, 11) is 0. The second-order valence-corrected chi connectivity index (χ2v) is 8.31. The van der Waals surface area contributed by atoms with Gasteiger partial charge in [-0.05, 0) is 45.2 Å². The molecule has 34 heavy (non-hydrogen) atoms. The zero-order valence-corrected chi connectivity index (χ0v) is 18.3. The summed E-state index contributed by atoms with van der Waals surface area (Å²) in [6.45, 7) is 0. The molecule has 0 aliphatic carbocycles. The predicted octanol–water partition coefficient (Wildman–Crippen LogP) is 8.66. The van der Waals surface area contributed by atoms with Crippen LogP contribution in [0.2, 0.25) is 0 Å². The normalized spacial score (nSPS) is 11.9. The maximum Gasteiger partial charge on any atom is 0.416 e. The Balaban J connectivity index is 1.73. The summed E-state index contributed by atoms with van der Waals surface area (Å²) in [5.41, 5.74) is 3.26. The van der Waals surface area contributed by atoms with Gasteiger partial charge in [0.2, 0.25) is 0 Å². The molecule has 0 unspecified atom stereocenters. The standard InChI is InChI=1S/C31H22F3/c32-31(33,34)28-19-17-25(18-20-28)30(27-16-15-22-9-7-8-14-26(22)21-27)29(23-10-3-1-4-11-23)24-12-5-2-6-13-24/h1-21,29H. The van der Waals surface area contributed by atoms with Crippen molar-refractivity contribution in [1.82, 2.24) is 0 Å². The van der Waals surface area contributed by atoms with Crippen LogP contribution in [0.25, 0.3) is 10.8 Å². The fourth-order valence-electron chi connectivity index (χ4n) is 4.51. The molecule has 167 valence electrons. The third kappa shape index (κ3) is 4.47. The highest BCUT2D eigenvalue weighted by Crippen LogP contribution is 2.43. The number of alkyl halides is 3. The summed E-state index contributed by atoms with van der Waals surface area (Å²) in [5.74, 6) is 0.817. The minimum Gasteiger partial charge on any atom is -0.166 e. The van der Waals surface area contributed by atoms with E-state index in [1.54, 1.807) is 12.1 Å². The smallest absolute Gasteiger partial charge is 0.166 e. The molecule has 0 nitrogen and oxygen atoms in total. The molecule has 0 aliphatic rings. The van der Waals surface area contributed by atoms with Crippen molar-refractivity contribution in [3.8, 4) is 0 Å². The third-order valence-corrected chi connectivity index (χ3v) is 6.14. The molecule has 0 spiro atoms. The number of benzene rings is 5. The van der Waals surface area contributed by atoms with E-state index in [4.69, 9.17) is 0 Å². The van der Waals surface area contributed by atoms with Crippen LogP contribution in [-0.4, -0.2) is 0 Å². The maximum atomic E-state index is 13.3. The van der Waals surface area contributed by atoms with E-state index in [1.807, 2.05) is 48.5 Å². The molecule has 0 N–H and O–H groups in total. The van der Waals surface area contributed by atoms with E-state index in [2.05, 4.69) is 54.6 Å². The monoisotopic (exact) mass is 451 g/mol. The average Bonchev–Trinajstić information content (AvgIpc) is 2.87. The molecular weight excluding hydrogens is 429 g/mol. The van der Waals surface area contributed by atoms with Crippen LogP contribution in [0.5, 0.6) is 0 Å². The second kappa shape index (κ2) is 9.18. The highest BCUT2D eigenvalue weighted by Gasteiger charge is 2.32. The van der Waals surface area contributed by atoms with Crippen LogP contribution in [0.4, 0.5) is 13.2 Å². The predicted molar refractivity (Wildman–Crippen MR) is 132 cm³/mol. The Morgan fingerprint density at radius 1 is 0.500 bits per heavy atom. The zero-order valence-electron chi connectivity index (χ0n) is 18.3. The van der Waals surface area contributed by atoms with E-state index >= 15 is 0 Å². The second-order valence-electron chi connectivity index (χ2n) is 8.31. The molecule has 0 heterocycles. The summed E-state index contributed by atoms with van der Waals surface area (Å²) in [6.07, 6.45) is -4.38. The van der Waals surface area contributed by atoms with Gasteiger partial charge in [-0.2, -0.15) is 13.2 Å². The van der Waals surface area contributed by atoms with Gasteiger partial charge in [-0.25, -0.2) is 0 Å². The first kappa shape index (κ1) is 22.0. The Kier molecular flexibility index (Phi) is 5.93. The molecule has 0 bridgehead atoms.